The summed E-state index contributed by atoms with van der Waals surface area (Å²) in [5.41, 5.74) is -0.382. The number of ether oxygens (including phenoxy) is 3. The maximum Gasteiger partial charge on any atom is 0.514 e. The number of hydrogen-bond acceptors (Lipinski definition) is 6. The molecule has 1 fully saturated rings. The van der Waals surface area contributed by atoms with Crippen LogP contribution in [-0.2, 0) is 9.47 Å². The molecule has 1 heterocycles. The normalized spacial score (nSPS) is 26.9. The molecule has 1 saturated heterocycles. The van der Waals surface area contributed by atoms with Crippen LogP contribution in [0.4, 0.5) is 4.79 Å². The van der Waals surface area contributed by atoms with Gasteiger partial charge in [-0.15, -0.1) is 24.4 Å². The van der Waals surface area contributed by atoms with E-state index in [1.165, 1.54) is 11.8 Å². The first-order chi connectivity index (χ1) is 8.69. The van der Waals surface area contributed by atoms with Crippen molar-refractivity contribution in [1.29, 1.82) is 0 Å². The molecule has 0 aromatic heterocycles. The molecule has 0 amide bonds. The van der Waals surface area contributed by atoms with Gasteiger partial charge in [0.2, 0.25) is 0 Å². The first-order valence-corrected chi connectivity index (χ1v) is 7.29. The predicted molar refractivity (Wildman–Crippen MR) is 73.1 cm³/mol. The molecule has 0 saturated carbocycles. The van der Waals surface area contributed by atoms with E-state index in [-0.39, 0.29) is 17.0 Å². The summed E-state index contributed by atoms with van der Waals surface area (Å²) in [7, 11) is 0. The average molecular weight is 286 g/mol. The van der Waals surface area contributed by atoms with Gasteiger partial charge in [0.1, 0.15) is 22.7 Å². The van der Waals surface area contributed by atoms with Gasteiger partial charge < -0.3 is 14.2 Å². The lowest BCUT2D eigenvalue weighted by Gasteiger charge is -2.16. The van der Waals surface area contributed by atoms with Crippen molar-refractivity contribution < 1.29 is 19.0 Å². The number of para-hydroxylation sites is 1. The van der Waals surface area contributed by atoms with Gasteiger partial charge in [0, 0.05) is 6.42 Å². The molecule has 0 aliphatic carbocycles. The van der Waals surface area contributed by atoms with Crippen LogP contribution < -0.4 is 4.74 Å². The fourth-order valence-electron chi connectivity index (χ4n) is 1.65. The topological polar surface area (TPSA) is 44.8 Å². The first kappa shape index (κ1) is 13.6. The van der Waals surface area contributed by atoms with Crippen molar-refractivity contribution in [1.82, 2.24) is 0 Å². The van der Waals surface area contributed by atoms with E-state index in [0.29, 0.717) is 12.2 Å². The summed E-state index contributed by atoms with van der Waals surface area (Å²) in [6.07, 6.45) is 1.43. The van der Waals surface area contributed by atoms with E-state index in [2.05, 4.69) is 12.6 Å². The van der Waals surface area contributed by atoms with Crippen LogP contribution in [0.1, 0.15) is 6.42 Å². The van der Waals surface area contributed by atoms with E-state index in [9.17, 15) is 4.79 Å². The third-order valence-corrected chi connectivity index (χ3v) is 3.66. The molecule has 98 valence electrons. The number of thiol groups is 1. The Bertz CT molecular complexity index is 398. The monoisotopic (exact) mass is 286 g/mol. The second kappa shape index (κ2) is 6.36. The Morgan fingerprint density at radius 1 is 1.44 bits per heavy atom. The Labute approximate surface area is 115 Å². The van der Waals surface area contributed by atoms with E-state index >= 15 is 0 Å². The predicted octanol–water partition coefficient (Wildman–Crippen LogP) is 2.94. The summed E-state index contributed by atoms with van der Waals surface area (Å²) >= 11 is 5.71. The largest absolute Gasteiger partial charge is 0.514 e. The van der Waals surface area contributed by atoms with Crippen molar-refractivity contribution in [3.63, 3.8) is 0 Å². The zero-order chi connectivity index (χ0) is 13.0. The molecule has 0 radical (unpaired) electrons. The van der Waals surface area contributed by atoms with Crippen molar-refractivity contribution in [3.05, 3.63) is 30.3 Å². The van der Waals surface area contributed by atoms with Crippen LogP contribution in [0.3, 0.4) is 0 Å². The molecule has 18 heavy (non-hydrogen) atoms. The second-order valence-corrected chi connectivity index (χ2v) is 5.26. The van der Waals surface area contributed by atoms with E-state index in [4.69, 9.17) is 14.2 Å². The first-order valence-electron chi connectivity index (χ1n) is 5.49. The standard InChI is InChI=1S/C12H14O4S2/c1-18-11-9(7-10(17)16-11)15-12(13)14-8-5-3-2-4-6-8/h2-6,9-11,17H,7H2,1H3. The van der Waals surface area contributed by atoms with Crippen molar-refractivity contribution in [2.24, 2.45) is 0 Å². The SMILES string of the molecule is CSC1OC(S)CC1OC(=O)Oc1ccccc1. The third kappa shape index (κ3) is 3.57. The zero-order valence-electron chi connectivity index (χ0n) is 9.81. The lowest BCUT2D eigenvalue weighted by atomic mass is 10.3. The van der Waals surface area contributed by atoms with Gasteiger partial charge in [0.25, 0.3) is 0 Å². The van der Waals surface area contributed by atoms with Gasteiger partial charge in [-0.2, -0.15) is 0 Å². The van der Waals surface area contributed by atoms with Crippen molar-refractivity contribution >= 4 is 30.5 Å². The summed E-state index contributed by atoms with van der Waals surface area (Å²) in [5, 5.41) is 0. The fourth-order valence-corrected chi connectivity index (χ4v) is 2.79. The molecule has 1 aromatic rings. The summed E-state index contributed by atoms with van der Waals surface area (Å²) in [6, 6.07) is 8.81. The number of benzene rings is 1. The molecule has 1 aliphatic rings. The molecule has 6 heteroatoms. The number of hydrogen-bond donors (Lipinski definition) is 1. The third-order valence-electron chi connectivity index (χ3n) is 2.45. The highest BCUT2D eigenvalue weighted by Crippen LogP contribution is 2.31. The Hall–Kier alpha value is -0.850. The molecule has 1 aromatic carbocycles. The smallest absolute Gasteiger partial charge is 0.427 e. The van der Waals surface area contributed by atoms with Gasteiger partial charge in [-0.25, -0.2) is 4.79 Å². The van der Waals surface area contributed by atoms with Gasteiger partial charge in [0.15, 0.2) is 0 Å². The van der Waals surface area contributed by atoms with E-state index in [1.807, 2.05) is 12.3 Å². The number of carbonyl (C=O) groups excluding carboxylic acids is 1. The van der Waals surface area contributed by atoms with E-state index in [1.54, 1.807) is 24.3 Å². The van der Waals surface area contributed by atoms with Gasteiger partial charge in [-0.1, -0.05) is 18.2 Å². The van der Waals surface area contributed by atoms with Gasteiger partial charge >= 0.3 is 6.16 Å². The summed E-state index contributed by atoms with van der Waals surface area (Å²) in [6.45, 7) is 0. The molecular formula is C12H14O4S2. The Morgan fingerprint density at radius 2 is 2.17 bits per heavy atom. The highest BCUT2D eigenvalue weighted by Gasteiger charge is 2.36. The lowest BCUT2D eigenvalue weighted by Crippen LogP contribution is -2.26. The summed E-state index contributed by atoms with van der Waals surface area (Å²) in [5.74, 6) is 0.463. The quantitative estimate of drug-likeness (QED) is 0.526. The van der Waals surface area contributed by atoms with Gasteiger partial charge in [-0.3, -0.25) is 0 Å². The summed E-state index contributed by atoms with van der Waals surface area (Å²) < 4.78 is 15.8. The fraction of sp³-hybridized carbons (Fsp3) is 0.417. The van der Waals surface area contributed by atoms with Crippen LogP contribution in [0.25, 0.3) is 0 Å². The lowest BCUT2D eigenvalue weighted by molar-refractivity contribution is 0.0393. The van der Waals surface area contributed by atoms with Crippen molar-refractivity contribution in [2.75, 3.05) is 6.26 Å². The number of thioether (sulfide) groups is 1. The van der Waals surface area contributed by atoms with Crippen LogP contribution in [0, 0.1) is 0 Å². The number of rotatable bonds is 3. The zero-order valence-corrected chi connectivity index (χ0v) is 11.5. The molecule has 0 bridgehead atoms. The molecule has 3 unspecified atom stereocenters. The van der Waals surface area contributed by atoms with E-state index in [0.717, 1.165) is 0 Å². The Kier molecular flexibility index (Phi) is 4.79. The minimum Gasteiger partial charge on any atom is -0.427 e. The average Bonchev–Trinajstić information content (AvgIpc) is 2.70. The maximum absolute atomic E-state index is 11.6. The molecule has 1 aliphatic heterocycles. The highest BCUT2D eigenvalue weighted by atomic mass is 32.2. The minimum atomic E-state index is -0.712. The molecular weight excluding hydrogens is 272 g/mol. The Balaban J connectivity index is 1.88. The van der Waals surface area contributed by atoms with Crippen LogP contribution in [0.5, 0.6) is 5.75 Å². The molecule has 3 atom stereocenters. The van der Waals surface area contributed by atoms with Gasteiger partial charge in [0.05, 0.1) is 0 Å². The molecule has 2 rings (SSSR count). The van der Waals surface area contributed by atoms with Crippen LogP contribution in [0.2, 0.25) is 0 Å². The Morgan fingerprint density at radius 3 is 2.83 bits per heavy atom. The number of carbonyl (C=O) groups is 1. The second-order valence-electron chi connectivity index (χ2n) is 3.75. The van der Waals surface area contributed by atoms with E-state index < -0.39 is 6.16 Å². The van der Waals surface area contributed by atoms with Gasteiger partial charge in [-0.05, 0) is 18.4 Å². The van der Waals surface area contributed by atoms with Crippen LogP contribution >= 0.6 is 24.4 Å². The molecule has 0 spiro atoms. The van der Waals surface area contributed by atoms with Crippen molar-refractivity contribution in [2.45, 2.75) is 23.4 Å². The minimum absolute atomic E-state index is 0.184. The maximum atomic E-state index is 11.6. The molecule has 0 N–H and O–H groups in total. The van der Waals surface area contributed by atoms with Crippen LogP contribution in [0.15, 0.2) is 30.3 Å². The van der Waals surface area contributed by atoms with Crippen molar-refractivity contribution in [3.8, 4) is 5.75 Å². The van der Waals surface area contributed by atoms with Crippen LogP contribution in [-0.4, -0.2) is 29.4 Å². The molecule has 4 nitrogen and oxygen atoms in total. The summed E-state index contributed by atoms with van der Waals surface area (Å²) in [4.78, 5) is 11.6. The highest BCUT2D eigenvalue weighted by molar-refractivity contribution is 7.99.